The molecule has 2 aromatic heterocycles. The van der Waals surface area contributed by atoms with Crippen LogP contribution >= 0.6 is 0 Å². The van der Waals surface area contributed by atoms with Gasteiger partial charge in [0.05, 0.1) is 23.4 Å². The third kappa shape index (κ3) is 2.54. The smallest absolute Gasteiger partial charge is 0.263 e. The van der Waals surface area contributed by atoms with Gasteiger partial charge in [0.25, 0.3) is 11.5 Å². The van der Waals surface area contributed by atoms with E-state index >= 15 is 0 Å². The average Bonchev–Trinajstić information content (AvgIpc) is 2.54. The number of nitrogens with zero attached hydrogens (tertiary/aromatic N) is 1. The third-order valence-corrected chi connectivity index (χ3v) is 3.35. The summed E-state index contributed by atoms with van der Waals surface area (Å²) in [6, 6.07) is 12.5. The lowest BCUT2D eigenvalue weighted by Gasteiger charge is -2.09. The van der Waals surface area contributed by atoms with Gasteiger partial charge in [-0.05, 0) is 18.2 Å². The molecular weight excluding hydrogens is 280 g/mol. The first kappa shape index (κ1) is 13.8. The maximum atomic E-state index is 12.3. The number of nitrogens with one attached hydrogen (secondary N) is 2. The number of H-pyrrole nitrogens is 1. The number of fused-ring (bicyclic) bond motifs is 1. The van der Waals surface area contributed by atoms with Gasteiger partial charge in [0, 0.05) is 11.6 Å². The fourth-order valence-corrected chi connectivity index (χ4v) is 2.26. The van der Waals surface area contributed by atoms with Crippen molar-refractivity contribution in [1.82, 2.24) is 15.3 Å². The molecule has 0 radical (unpaired) electrons. The number of aromatic nitrogens is 2. The highest BCUT2D eigenvalue weighted by Crippen LogP contribution is 2.19. The zero-order valence-electron chi connectivity index (χ0n) is 11.7. The van der Waals surface area contributed by atoms with Crippen LogP contribution < -0.4 is 16.6 Å². The Kier molecular flexibility index (Phi) is 3.57. The van der Waals surface area contributed by atoms with E-state index in [0.29, 0.717) is 16.6 Å². The number of amides is 1. The molecule has 0 aliphatic heterocycles. The van der Waals surface area contributed by atoms with Gasteiger partial charge in [-0.2, -0.15) is 0 Å². The largest absolute Gasteiger partial charge is 0.397 e. The molecule has 0 unspecified atom stereocenters. The number of hydrogen-bond acceptors (Lipinski definition) is 4. The molecule has 6 nitrogen and oxygen atoms in total. The van der Waals surface area contributed by atoms with Crippen molar-refractivity contribution in [3.63, 3.8) is 0 Å². The van der Waals surface area contributed by atoms with Gasteiger partial charge in [-0.15, -0.1) is 0 Å². The van der Waals surface area contributed by atoms with Gasteiger partial charge in [-0.1, -0.05) is 24.3 Å². The van der Waals surface area contributed by atoms with Crippen LogP contribution in [0.5, 0.6) is 0 Å². The highest BCUT2D eigenvalue weighted by Gasteiger charge is 2.17. The van der Waals surface area contributed by atoms with Gasteiger partial charge < -0.3 is 16.0 Å². The van der Waals surface area contributed by atoms with Crippen molar-refractivity contribution in [3.05, 3.63) is 70.3 Å². The van der Waals surface area contributed by atoms with Crippen molar-refractivity contribution < 1.29 is 4.79 Å². The number of pyridine rings is 2. The van der Waals surface area contributed by atoms with Crippen LogP contribution in [0.1, 0.15) is 16.1 Å². The molecule has 0 aliphatic carbocycles. The predicted molar refractivity (Wildman–Crippen MR) is 84.4 cm³/mol. The topological polar surface area (TPSA) is 101 Å². The number of aromatic amines is 1. The van der Waals surface area contributed by atoms with Gasteiger partial charge in [-0.3, -0.25) is 14.6 Å². The lowest BCUT2D eigenvalue weighted by Crippen LogP contribution is -2.30. The van der Waals surface area contributed by atoms with Crippen molar-refractivity contribution in [3.8, 4) is 0 Å². The van der Waals surface area contributed by atoms with E-state index in [1.807, 2.05) is 6.07 Å². The van der Waals surface area contributed by atoms with E-state index in [1.165, 1.54) is 0 Å². The summed E-state index contributed by atoms with van der Waals surface area (Å²) in [5, 5.41) is 3.30. The molecule has 0 bridgehead atoms. The minimum Gasteiger partial charge on any atom is -0.397 e. The summed E-state index contributed by atoms with van der Waals surface area (Å²) < 4.78 is 0. The molecule has 2 heterocycles. The second kappa shape index (κ2) is 5.69. The van der Waals surface area contributed by atoms with E-state index in [1.54, 1.807) is 42.6 Å². The zero-order chi connectivity index (χ0) is 15.5. The molecule has 22 heavy (non-hydrogen) atoms. The molecule has 1 amide bonds. The Hall–Kier alpha value is -3.15. The van der Waals surface area contributed by atoms with E-state index in [2.05, 4.69) is 15.3 Å². The fourth-order valence-electron chi connectivity index (χ4n) is 2.26. The highest BCUT2D eigenvalue weighted by molar-refractivity contribution is 6.06. The molecule has 110 valence electrons. The first-order valence-electron chi connectivity index (χ1n) is 6.75. The summed E-state index contributed by atoms with van der Waals surface area (Å²) >= 11 is 0. The van der Waals surface area contributed by atoms with Gasteiger partial charge in [0.2, 0.25) is 0 Å². The molecule has 0 saturated heterocycles. The molecule has 3 rings (SSSR count). The number of carbonyl (C=O) groups is 1. The molecule has 0 aliphatic rings. The van der Waals surface area contributed by atoms with Crippen LogP contribution in [0.15, 0.2) is 53.5 Å². The summed E-state index contributed by atoms with van der Waals surface area (Å²) in [5.74, 6) is -0.518. The molecule has 1 aromatic carbocycles. The van der Waals surface area contributed by atoms with Crippen molar-refractivity contribution >= 4 is 22.5 Å². The Bertz CT molecular complexity index is 888. The summed E-state index contributed by atoms with van der Waals surface area (Å²) in [7, 11) is 0. The summed E-state index contributed by atoms with van der Waals surface area (Å²) in [4.78, 5) is 31.1. The van der Waals surface area contributed by atoms with E-state index in [4.69, 9.17) is 5.73 Å². The van der Waals surface area contributed by atoms with Crippen molar-refractivity contribution in [2.24, 2.45) is 0 Å². The number of nitrogens with two attached hydrogens (primary N) is 1. The normalized spacial score (nSPS) is 10.5. The first-order valence-corrected chi connectivity index (χ1v) is 6.75. The minimum atomic E-state index is -0.518. The lowest BCUT2D eigenvalue weighted by atomic mass is 10.1. The summed E-state index contributed by atoms with van der Waals surface area (Å²) in [6.45, 7) is 0.228. The Balaban J connectivity index is 1.92. The zero-order valence-corrected chi connectivity index (χ0v) is 11.7. The maximum absolute atomic E-state index is 12.3. The molecule has 0 atom stereocenters. The molecule has 0 saturated carbocycles. The van der Waals surface area contributed by atoms with Crippen LogP contribution in [0, 0.1) is 0 Å². The lowest BCUT2D eigenvalue weighted by molar-refractivity contribution is 0.0950. The van der Waals surface area contributed by atoms with Crippen molar-refractivity contribution in [2.75, 3.05) is 5.73 Å². The Morgan fingerprint density at radius 1 is 1.18 bits per heavy atom. The van der Waals surface area contributed by atoms with Crippen LogP contribution in [0.2, 0.25) is 0 Å². The van der Waals surface area contributed by atoms with Crippen LogP contribution in [0.25, 0.3) is 10.9 Å². The average molecular weight is 294 g/mol. The van der Waals surface area contributed by atoms with Gasteiger partial charge in [0.1, 0.15) is 5.56 Å². The second-order valence-corrected chi connectivity index (χ2v) is 4.79. The number of carbonyl (C=O) groups excluding carboxylic acids is 1. The van der Waals surface area contributed by atoms with E-state index in [-0.39, 0.29) is 17.8 Å². The van der Waals surface area contributed by atoms with Crippen LogP contribution in [-0.4, -0.2) is 15.9 Å². The Morgan fingerprint density at radius 3 is 2.73 bits per heavy atom. The van der Waals surface area contributed by atoms with Crippen LogP contribution in [-0.2, 0) is 6.54 Å². The van der Waals surface area contributed by atoms with E-state index in [9.17, 15) is 9.59 Å². The number of anilines is 1. The number of benzene rings is 1. The maximum Gasteiger partial charge on any atom is 0.263 e. The number of hydrogen-bond donors (Lipinski definition) is 3. The summed E-state index contributed by atoms with van der Waals surface area (Å²) in [5.41, 5.74) is 6.90. The van der Waals surface area contributed by atoms with Crippen molar-refractivity contribution in [1.29, 1.82) is 0 Å². The highest BCUT2D eigenvalue weighted by atomic mass is 16.2. The Labute approximate surface area is 126 Å². The molecule has 3 aromatic rings. The molecular formula is C16H14N4O2. The molecule has 0 spiro atoms. The molecule has 6 heteroatoms. The SMILES string of the molecule is Nc1c(C(=O)NCc2ccccn2)c(=O)[nH]c2ccccc12. The summed E-state index contributed by atoms with van der Waals surface area (Å²) in [6.07, 6.45) is 1.64. The predicted octanol–water partition coefficient (Wildman–Crippen LogP) is 1.44. The molecule has 4 N–H and O–H groups in total. The van der Waals surface area contributed by atoms with Gasteiger partial charge >= 0.3 is 0 Å². The second-order valence-electron chi connectivity index (χ2n) is 4.79. The first-order chi connectivity index (χ1) is 10.7. The van der Waals surface area contributed by atoms with Crippen molar-refractivity contribution in [2.45, 2.75) is 6.54 Å². The minimum absolute atomic E-state index is 0.0744. The number of rotatable bonds is 3. The third-order valence-electron chi connectivity index (χ3n) is 3.35. The number of para-hydroxylation sites is 1. The van der Waals surface area contributed by atoms with Gasteiger partial charge in [-0.25, -0.2) is 0 Å². The van der Waals surface area contributed by atoms with Crippen LogP contribution in [0.3, 0.4) is 0 Å². The van der Waals surface area contributed by atoms with Gasteiger partial charge in [0.15, 0.2) is 0 Å². The van der Waals surface area contributed by atoms with E-state index in [0.717, 1.165) is 0 Å². The number of nitrogen functional groups attached to an aromatic ring is 1. The monoisotopic (exact) mass is 294 g/mol. The fraction of sp³-hybridized carbons (Fsp3) is 0.0625. The molecule has 0 fully saturated rings. The quantitative estimate of drug-likeness (QED) is 0.680. The van der Waals surface area contributed by atoms with Crippen LogP contribution in [0.4, 0.5) is 5.69 Å². The van der Waals surface area contributed by atoms with E-state index < -0.39 is 11.5 Å². The Morgan fingerprint density at radius 2 is 1.95 bits per heavy atom. The standard InChI is InChI=1S/C16H14N4O2/c17-14-11-6-1-2-7-12(11)20-16(22)13(14)15(21)19-9-10-5-3-4-8-18-10/h1-8H,9H2,(H,19,21)(H3,17,20,22).